The summed E-state index contributed by atoms with van der Waals surface area (Å²) in [6.07, 6.45) is 10.5. The molecule has 0 radical (unpaired) electrons. The standard InChI is InChI=1S/C25H34N2O/c1-8-18(4)13-21(7)27-24-15-23(28-22-11-9-19(5)10-12-22)14-20(6)25(24)26-16-17(2)3/h8,13-16,19,22,27H,1-2,7,9-12H2,3-6H3/b18-13-,26-16?. The molecule has 0 heterocycles. The van der Waals surface area contributed by atoms with Crippen molar-refractivity contribution < 1.29 is 4.74 Å². The third-order valence-corrected chi connectivity index (χ3v) is 4.97. The maximum atomic E-state index is 6.32. The molecule has 1 aliphatic carbocycles. The zero-order chi connectivity index (χ0) is 20.7. The Kier molecular flexibility index (Phi) is 7.86. The lowest BCUT2D eigenvalue weighted by molar-refractivity contribution is 0.135. The van der Waals surface area contributed by atoms with E-state index in [0.717, 1.165) is 58.3 Å². The fraction of sp³-hybridized carbons (Fsp3) is 0.400. The summed E-state index contributed by atoms with van der Waals surface area (Å²) >= 11 is 0. The Balaban J connectivity index is 2.31. The summed E-state index contributed by atoms with van der Waals surface area (Å²) in [6, 6.07) is 4.10. The predicted octanol–water partition coefficient (Wildman–Crippen LogP) is 7.29. The number of ether oxygens (including phenoxy) is 1. The van der Waals surface area contributed by atoms with Crippen LogP contribution in [0.1, 0.15) is 52.0 Å². The van der Waals surface area contributed by atoms with E-state index in [1.54, 1.807) is 6.21 Å². The van der Waals surface area contributed by atoms with Gasteiger partial charge in [-0.25, -0.2) is 0 Å². The number of nitrogens with zero attached hydrogens (tertiary/aromatic N) is 1. The molecule has 0 atom stereocenters. The molecule has 0 amide bonds. The van der Waals surface area contributed by atoms with Gasteiger partial charge in [-0.1, -0.05) is 32.7 Å². The maximum Gasteiger partial charge on any atom is 0.122 e. The molecule has 0 aromatic heterocycles. The van der Waals surface area contributed by atoms with Gasteiger partial charge >= 0.3 is 0 Å². The highest BCUT2D eigenvalue weighted by Crippen LogP contribution is 2.36. The van der Waals surface area contributed by atoms with Crippen molar-refractivity contribution in [1.29, 1.82) is 0 Å². The zero-order valence-electron chi connectivity index (χ0n) is 17.8. The van der Waals surface area contributed by atoms with E-state index in [1.165, 1.54) is 12.8 Å². The first-order chi connectivity index (χ1) is 13.3. The van der Waals surface area contributed by atoms with Crippen molar-refractivity contribution in [3.8, 4) is 5.75 Å². The summed E-state index contributed by atoms with van der Waals surface area (Å²) in [4.78, 5) is 4.63. The summed E-state index contributed by atoms with van der Waals surface area (Å²) in [5.41, 5.74) is 5.55. The number of anilines is 1. The number of rotatable bonds is 8. The molecule has 3 heteroatoms. The van der Waals surface area contributed by atoms with Crippen LogP contribution in [0.3, 0.4) is 0 Å². The topological polar surface area (TPSA) is 33.6 Å². The second-order valence-electron chi connectivity index (χ2n) is 7.98. The van der Waals surface area contributed by atoms with Crippen LogP contribution in [0.15, 0.2) is 65.9 Å². The van der Waals surface area contributed by atoms with Crippen LogP contribution in [0.4, 0.5) is 11.4 Å². The minimum atomic E-state index is 0.291. The van der Waals surface area contributed by atoms with E-state index >= 15 is 0 Å². The fourth-order valence-corrected chi connectivity index (χ4v) is 3.34. The summed E-state index contributed by atoms with van der Waals surface area (Å²) in [7, 11) is 0. The summed E-state index contributed by atoms with van der Waals surface area (Å²) in [5.74, 6) is 1.69. The van der Waals surface area contributed by atoms with Gasteiger partial charge < -0.3 is 10.1 Å². The van der Waals surface area contributed by atoms with Gasteiger partial charge in [0.25, 0.3) is 0 Å². The van der Waals surface area contributed by atoms with Gasteiger partial charge in [0.15, 0.2) is 0 Å². The zero-order valence-corrected chi connectivity index (χ0v) is 17.8. The summed E-state index contributed by atoms with van der Waals surface area (Å²) in [6.45, 7) is 20.1. The van der Waals surface area contributed by atoms with Gasteiger partial charge in [0.05, 0.1) is 17.5 Å². The van der Waals surface area contributed by atoms with Crippen molar-refractivity contribution in [1.82, 2.24) is 0 Å². The van der Waals surface area contributed by atoms with Crippen LogP contribution in [0.25, 0.3) is 0 Å². The SMILES string of the molecule is C=C/C(C)=C\C(=C)Nc1cc(OC2CCC(C)CC2)cc(C)c1N=CC(=C)C. The second-order valence-corrected chi connectivity index (χ2v) is 7.98. The van der Waals surface area contributed by atoms with Crippen molar-refractivity contribution in [2.24, 2.45) is 10.9 Å². The number of hydrogen-bond acceptors (Lipinski definition) is 3. The molecular weight excluding hydrogens is 344 g/mol. The fourth-order valence-electron chi connectivity index (χ4n) is 3.34. The average molecular weight is 379 g/mol. The van der Waals surface area contributed by atoms with E-state index in [9.17, 15) is 0 Å². The van der Waals surface area contributed by atoms with Gasteiger partial charge in [0.2, 0.25) is 0 Å². The molecule has 1 N–H and O–H groups in total. The number of benzene rings is 1. The number of aryl methyl sites for hydroxylation is 1. The molecule has 2 rings (SSSR count). The van der Waals surface area contributed by atoms with Gasteiger partial charge in [-0.15, -0.1) is 0 Å². The highest BCUT2D eigenvalue weighted by atomic mass is 16.5. The molecule has 3 nitrogen and oxygen atoms in total. The molecule has 0 spiro atoms. The van der Waals surface area contributed by atoms with Crippen LogP contribution in [-0.2, 0) is 0 Å². The smallest absolute Gasteiger partial charge is 0.122 e. The van der Waals surface area contributed by atoms with Crippen molar-refractivity contribution in [3.05, 3.63) is 66.4 Å². The van der Waals surface area contributed by atoms with Gasteiger partial charge in [0, 0.05) is 18.0 Å². The Morgan fingerprint density at radius 1 is 1.18 bits per heavy atom. The average Bonchev–Trinajstić information content (AvgIpc) is 2.62. The van der Waals surface area contributed by atoms with Gasteiger partial charge in [-0.2, -0.15) is 0 Å². The van der Waals surface area contributed by atoms with Gasteiger partial charge in [-0.05, 0) is 81.2 Å². The number of nitrogens with one attached hydrogen (secondary N) is 1. The molecule has 0 bridgehead atoms. The monoisotopic (exact) mass is 378 g/mol. The first-order valence-corrected chi connectivity index (χ1v) is 10.1. The molecule has 0 aliphatic heterocycles. The lowest BCUT2D eigenvalue weighted by Gasteiger charge is -2.27. The van der Waals surface area contributed by atoms with Crippen LogP contribution >= 0.6 is 0 Å². The summed E-state index contributed by atoms with van der Waals surface area (Å²) < 4.78 is 6.32. The highest BCUT2D eigenvalue weighted by Gasteiger charge is 2.20. The number of allylic oxidation sites excluding steroid dienone is 4. The third-order valence-electron chi connectivity index (χ3n) is 4.97. The predicted molar refractivity (Wildman–Crippen MR) is 123 cm³/mol. The molecule has 0 unspecified atom stereocenters. The number of aliphatic imine (C=N–C) groups is 1. The minimum Gasteiger partial charge on any atom is -0.490 e. The first-order valence-electron chi connectivity index (χ1n) is 10.1. The van der Waals surface area contributed by atoms with Crippen LogP contribution in [-0.4, -0.2) is 12.3 Å². The molecule has 1 fully saturated rings. The summed E-state index contributed by atoms with van der Waals surface area (Å²) in [5, 5.41) is 3.38. The van der Waals surface area contributed by atoms with E-state index in [2.05, 4.69) is 50.0 Å². The molecule has 0 saturated heterocycles. The van der Waals surface area contributed by atoms with Crippen LogP contribution in [0.5, 0.6) is 5.75 Å². The van der Waals surface area contributed by atoms with E-state index in [0.29, 0.717) is 6.10 Å². The lowest BCUT2D eigenvalue weighted by atomic mass is 9.89. The number of hydrogen-bond donors (Lipinski definition) is 1. The molecule has 1 aromatic carbocycles. The third kappa shape index (κ3) is 6.56. The van der Waals surface area contributed by atoms with Crippen LogP contribution in [0, 0.1) is 12.8 Å². The minimum absolute atomic E-state index is 0.291. The largest absolute Gasteiger partial charge is 0.490 e. The van der Waals surface area contributed by atoms with Crippen LogP contribution < -0.4 is 10.1 Å². The molecule has 1 aromatic rings. The quantitative estimate of drug-likeness (QED) is 0.380. The van der Waals surface area contributed by atoms with E-state index in [-0.39, 0.29) is 0 Å². The molecule has 28 heavy (non-hydrogen) atoms. The van der Waals surface area contributed by atoms with Crippen molar-refractivity contribution in [3.63, 3.8) is 0 Å². The Bertz CT molecular complexity index is 793. The van der Waals surface area contributed by atoms with Crippen molar-refractivity contribution >= 4 is 17.6 Å². The maximum absolute atomic E-state index is 6.32. The van der Waals surface area contributed by atoms with Crippen molar-refractivity contribution in [2.75, 3.05) is 5.32 Å². The normalized spacial score (nSPS) is 20.1. The lowest BCUT2D eigenvalue weighted by Crippen LogP contribution is -2.23. The Morgan fingerprint density at radius 2 is 1.86 bits per heavy atom. The Labute approximate surface area is 170 Å². The van der Waals surface area contributed by atoms with E-state index in [4.69, 9.17) is 4.74 Å². The Hall–Kier alpha value is -2.55. The van der Waals surface area contributed by atoms with E-state index < -0.39 is 0 Å². The van der Waals surface area contributed by atoms with Gasteiger partial charge in [-0.3, -0.25) is 4.99 Å². The second kappa shape index (κ2) is 10.1. The highest BCUT2D eigenvalue weighted by molar-refractivity contribution is 5.84. The van der Waals surface area contributed by atoms with Crippen LogP contribution in [0.2, 0.25) is 0 Å². The molecule has 1 saturated carbocycles. The molecule has 150 valence electrons. The molecule has 1 aliphatic rings. The Morgan fingerprint density at radius 3 is 2.46 bits per heavy atom. The first kappa shape index (κ1) is 21.7. The van der Waals surface area contributed by atoms with Crippen molar-refractivity contribution in [2.45, 2.75) is 59.5 Å². The van der Waals surface area contributed by atoms with Gasteiger partial charge in [0.1, 0.15) is 5.75 Å². The van der Waals surface area contributed by atoms with E-state index in [1.807, 2.05) is 32.1 Å². The molecular formula is C25H34N2O.